The molecule has 0 spiro atoms. The van der Waals surface area contributed by atoms with E-state index in [-0.39, 0.29) is 0 Å². The van der Waals surface area contributed by atoms with Crippen LogP contribution >= 0.6 is 22.7 Å². The van der Waals surface area contributed by atoms with Crippen LogP contribution in [0.5, 0.6) is 0 Å². The first-order valence-corrected chi connectivity index (χ1v) is 20.2. The molecule has 0 saturated heterocycles. The van der Waals surface area contributed by atoms with Gasteiger partial charge in [0.2, 0.25) is 0 Å². The van der Waals surface area contributed by atoms with Gasteiger partial charge in [-0.05, 0) is 70.8 Å². The lowest BCUT2D eigenvalue weighted by Gasteiger charge is -2.14. The molecule has 262 valence electrons. The fourth-order valence-electron chi connectivity index (χ4n) is 7.76. The van der Waals surface area contributed by atoms with E-state index >= 15 is 0 Å². The second-order valence-corrected chi connectivity index (χ2v) is 15.9. The van der Waals surface area contributed by atoms with Gasteiger partial charge >= 0.3 is 0 Å². The van der Waals surface area contributed by atoms with Gasteiger partial charge in [0, 0.05) is 75.0 Å². The van der Waals surface area contributed by atoms with Crippen molar-refractivity contribution in [2.24, 2.45) is 0 Å². The lowest BCUT2D eigenvalue weighted by molar-refractivity contribution is 1.17. The molecule has 7 aromatic carbocycles. The first-order chi connectivity index (χ1) is 27.7. The lowest BCUT2D eigenvalue weighted by Crippen LogP contribution is -1.97. The minimum atomic E-state index is 0.643. The third-order valence-corrected chi connectivity index (χ3v) is 12.8. The number of thiophene rings is 2. The molecule has 0 amide bonds. The number of hydrogen-bond donors (Lipinski definition) is 0. The van der Waals surface area contributed by atoms with Crippen LogP contribution in [-0.2, 0) is 0 Å². The normalized spacial score (nSPS) is 11.6. The highest BCUT2D eigenvalue weighted by atomic mass is 32.1. The summed E-state index contributed by atoms with van der Waals surface area (Å²) in [6.45, 7) is 0. The quantitative estimate of drug-likeness (QED) is 0.170. The van der Waals surface area contributed by atoms with Gasteiger partial charge in [-0.25, -0.2) is 19.9 Å². The van der Waals surface area contributed by atoms with E-state index in [1.807, 2.05) is 46.9 Å². The molecule has 0 aliphatic carbocycles. The first-order valence-electron chi connectivity index (χ1n) is 18.5. The molecular formula is C50H30N4S2. The van der Waals surface area contributed by atoms with Crippen LogP contribution in [0.25, 0.3) is 108 Å². The van der Waals surface area contributed by atoms with Crippen molar-refractivity contribution in [1.29, 1.82) is 0 Å². The van der Waals surface area contributed by atoms with Crippen molar-refractivity contribution in [1.82, 2.24) is 19.9 Å². The Bertz CT molecular complexity index is 3130. The molecule has 0 radical (unpaired) electrons. The molecule has 0 saturated carbocycles. The molecular weight excluding hydrogens is 721 g/mol. The van der Waals surface area contributed by atoms with Crippen LogP contribution in [0.1, 0.15) is 0 Å². The third kappa shape index (κ3) is 5.66. The number of rotatable bonds is 6. The van der Waals surface area contributed by atoms with Crippen LogP contribution in [0.4, 0.5) is 0 Å². The average Bonchev–Trinajstić information content (AvgIpc) is 3.86. The van der Waals surface area contributed by atoms with Crippen LogP contribution in [0.2, 0.25) is 0 Å². The average molecular weight is 751 g/mol. The Morgan fingerprint density at radius 2 is 0.786 bits per heavy atom. The van der Waals surface area contributed by atoms with Crippen molar-refractivity contribution >= 4 is 63.0 Å². The Morgan fingerprint density at radius 1 is 0.321 bits per heavy atom. The van der Waals surface area contributed by atoms with E-state index in [1.54, 1.807) is 12.4 Å². The van der Waals surface area contributed by atoms with E-state index in [0.717, 1.165) is 44.8 Å². The summed E-state index contributed by atoms with van der Waals surface area (Å²) in [5, 5.41) is 5.13. The van der Waals surface area contributed by atoms with Gasteiger partial charge in [-0.3, -0.25) is 0 Å². The highest BCUT2D eigenvalue weighted by Crippen LogP contribution is 2.45. The Balaban J connectivity index is 1.17. The first kappa shape index (κ1) is 32.6. The summed E-state index contributed by atoms with van der Waals surface area (Å²) < 4.78 is 5.14. The van der Waals surface area contributed by atoms with E-state index in [4.69, 9.17) is 9.97 Å². The molecule has 4 nitrogen and oxygen atoms in total. The predicted octanol–water partition coefficient (Wildman–Crippen LogP) is 14.0. The van der Waals surface area contributed by atoms with E-state index < -0.39 is 0 Å². The number of nitrogens with zero attached hydrogens (tertiary/aromatic N) is 4. The third-order valence-electron chi connectivity index (χ3n) is 10.4. The van der Waals surface area contributed by atoms with Gasteiger partial charge in [0.15, 0.2) is 11.6 Å². The van der Waals surface area contributed by atoms with Crippen molar-refractivity contribution in [2.75, 3.05) is 0 Å². The zero-order valence-electron chi connectivity index (χ0n) is 29.9. The molecule has 11 rings (SSSR count). The number of benzene rings is 7. The van der Waals surface area contributed by atoms with Gasteiger partial charge in [0.25, 0.3) is 0 Å². The molecule has 6 heteroatoms. The summed E-state index contributed by atoms with van der Waals surface area (Å²) in [6, 6.07) is 60.3. The molecule has 0 atom stereocenters. The Morgan fingerprint density at radius 3 is 1.41 bits per heavy atom. The van der Waals surface area contributed by atoms with Crippen molar-refractivity contribution in [3.8, 4) is 67.5 Å². The topological polar surface area (TPSA) is 51.6 Å². The molecule has 0 bridgehead atoms. The summed E-state index contributed by atoms with van der Waals surface area (Å²) in [5.41, 5.74) is 10.3. The van der Waals surface area contributed by atoms with Gasteiger partial charge in [0.1, 0.15) is 0 Å². The maximum atomic E-state index is 5.35. The summed E-state index contributed by atoms with van der Waals surface area (Å²) >= 11 is 3.71. The molecule has 0 unspecified atom stereocenters. The van der Waals surface area contributed by atoms with Crippen LogP contribution in [0.15, 0.2) is 182 Å². The SMILES string of the molecule is c1ccc(-c2cc(-c3cc(-c4cccc5c4sc4ccccc45)cc(-c4cccc5c4sc4ccccc45)c3)nc(-c3cccc(-c4ncccn4)c3)n2)cc1. The van der Waals surface area contributed by atoms with Crippen molar-refractivity contribution in [3.05, 3.63) is 182 Å². The molecule has 0 fully saturated rings. The highest BCUT2D eigenvalue weighted by molar-refractivity contribution is 7.26. The highest BCUT2D eigenvalue weighted by Gasteiger charge is 2.18. The van der Waals surface area contributed by atoms with E-state index in [0.29, 0.717) is 11.6 Å². The van der Waals surface area contributed by atoms with Crippen LogP contribution in [-0.4, -0.2) is 19.9 Å². The maximum absolute atomic E-state index is 5.35. The molecule has 11 aromatic rings. The van der Waals surface area contributed by atoms with E-state index in [1.165, 1.54) is 51.5 Å². The Labute approximate surface area is 331 Å². The zero-order chi connectivity index (χ0) is 37.0. The summed E-state index contributed by atoms with van der Waals surface area (Å²) in [4.78, 5) is 19.6. The minimum absolute atomic E-state index is 0.643. The number of fused-ring (bicyclic) bond motifs is 6. The molecule has 0 aliphatic heterocycles. The van der Waals surface area contributed by atoms with Crippen LogP contribution in [0.3, 0.4) is 0 Å². The molecule has 4 aromatic heterocycles. The fraction of sp³-hybridized carbons (Fsp3) is 0. The van der Waals surface area contributed by atoms with Gasteiger partial charge < -0.3 is 0 Å². The minimum Gasteiger partial charge on any atom is -0.237 e. The van der Waals surface area contributed by atoms with Crippen molar-refractivity contribution < 1.29 is 0 Å². The molecule has 4 heterocycles. The molecule has 56 heavy (non-hydrogen) atoms. The van der Waals surface area contributed by atoms with Crippen LogP contribution in [0, 0.1) is 0 Å². The number of hydrogen-bond acceptors (Lipinski definition) is 6. The second-order valence-electron chi connectivity index (χ2n) is 13.8. The molecule has 0 aliphatic rings. The summed E-state index contributed by atoms with van der Waals surface area (Å²) in [6.07, 6.45) is 3.53. The standard InChI is InChI=1S/C50H30N4S2/c1-2-12-31(13-3-1)43-30-44(54-50(53-43)33-15-8-14-32(26-33)49-51-24-11-25-52-49)36-28-34(37-18-9-20-41-39-16-4-6-22-45(39)55-47(37)41)27-35(29-36)38-19-10-21-42-40-17-5-7-23-46(40)56-48(38)42/h1-30H. The Kier molecular flexibility index (Phi) is 7.83. The predicted molar refractivity (Wildman–Crippen MR) is 236 cm³/mol. The second kappa shape index (κ2) is 13.5. The van der Waals surface area contributed by atoms with Gasteiger partial charge in [0.05, 0.1) is 11.4 Å². The largest absolute Gasteiger partial charge is 0.237 e. The summed E-state index contributed by atoms with van der Waals surface area (Å²) in [5.74, 6) is 1.31. The Hall–Kier alpha value is -6.86. The van der Waals surface area contributed by atoms with Gasteiger partial charge in [-0.15, -0.1) is 22.7 Å². The smallest absolute Gasteiger partial charge is 0.160 e. The molecule has 0 N–H and O–H groups in total. The fourth-order valence-corrected chi connectivity index (χ4v) is 10.2. The van der Waals surface area contributed by atoms with E-state index in [9.17, 15) is 0 Å². The van der Waals surface area contributed by atoms with Crippen molar-refractivity contribution in [2.45, 2.75) is 0 Å². The maximum Gasteiger partial charge on any atom is 0.160 e. The zero-order valence-corrected chi connectivity index (χ0v) is 31.6. The van der Waals surface area contributed by atoms with Gasteiger partial charge in [-0.2, -0.15) is 0 Å². The van der Waals surface area contributed by atoms with Crippen molar-refractivity contribution in [3.63, 3.8) is 0 Å². The number of aromatic nitrogens is 4. The lowest BCUT2D eigenvalue weighted by atomic mass is 9.93. The van der Waals surface area contributed by atoms with Crippen LogP contribution < -0.4 is 0 Å². The monoisotopic (exact) mass is 750 g/mol. The van der Waals surface area contributed by atoms with E-state index in [2.05, 4.69) is 156 Å². The summed E-state index contributed by atoms with van der Waals surface area (Å²) in [7, 11) is 0. The van der Waals surface area contributed by atoms with Gasteiger partial charge in [-0.1, -0.05) is 121 Å².